The molecule has 0 saturated carbocycles. The van der Waals surface area contributed by atoms with E-state index in [0.717, 1.165) is 18.5 Å². The summed E-state index contributed by atoms with van der Waals surface area (Å²) < 4.78 is 1.91. The van der Waals surface area contributed by atoms with Gasteiger partial charge in [0.25, 0.3) is 0 Å². The lowest BCUT2D eigenvalue weighted by Gasteiger charge is -2.50. The number of aromatic nitrogens is 2. The van der Waals surface area contributed by atoms with Gasteiger partial charge < -0.3 is 4.79 Å². The molecule has 4 nitrogen and oxygen atoms in total. The molecular formula is C17H23N3O. The molecule has 0 aliphatic heterocycles. The normalized spacial score (nSPS) is 29.6. The highest BCUT2D eigenvalue weighted by molar-refractivity contribution is 6.02. The Morgan fingerprint density at radius 3 is 2.71 bits per heavy atom. The van der Waals surface area contributed by atoms with Crippen LogP contribution in [0.25, 0.3) is 4.85 Å². The topological polar surface area (TPSA) is 39.2 Å². The van der Waals surface area contributed by atoms with Gasteiger partial charge in [-0.15, -0.1) is 0 Å². The first-order chi connectivity index (χ1) is 9.32. The summed E-state index contributed by atoms with van der Waals surface area (Å²) in [6.45, 7) is 13.4. The standard InChI is InChI=1S/C16H19N3O.CH4/c1-15(2)12-7-6-10-9-18-19(5)13(10)16(12,3)8-11(17-4)14(15)20;/h8-9,12H,6-7H2,1-3,5H3;1H4/t12-,16-;/m0./s1. The first kappa shape index (κ1) is 15.5. The molecule has 0 amide bonds. The number of carbonyl (C=O) groups is 1. The Labute approximate surface area is 126 Å². The van der Waals surface area contributed by atoms with Crippen LogP contribution in [0.3, 0.4) is 0 Å². The molecule has 2 atom stereocenters. The molecule has 2 aliphatic carbocycles. The van der Waals surface area contributed by atoms with Crippen LogP contribution in [-0.2, 0) is 23.7 Å². The molecule has 0 radical (unpaired) electrons. The highest BCUT2D eigenvalue weighted by atomic mass is 16.1. The monoisotopic (exact) mass is 285 g/mol. The van der Waals surface area contributed by atoms with Crippen molar-refractivity contribution >= 4 is 5.78 Å². The van der Waals surface area contributed by atoms with Gasteiger partial charge in [-0.25, -0.2) is 4.85 Å². The molecule has 1 aromatic heterocycles. The summed E-state index contributed by atoms with van der Waals surface area (Å²) in [5.74, 6) is 0.205. The van der Waals surface area contributed by atoms with E-state index >= 15 is 0 Å². The van der Waals surface area contributed by atoms with E-state index in [9.17, 15) is 4.79 Å². The molecule has 0 saturated heterocycles. The number of carbonyl (C=O) groups excluding carboxylic acids is 1. The number of fused-ring (bicyclic) bond motifs is 3. The Kier molecular flexibility index (Phi) is 3.36. The van der Waals surface area contributed by atoms with Crippen molar-refractivity contribution in [1.29, 1.82) is 0 Å². The van der Waals surface area contributed by atoms with Gasteiger partial charge in [0.05, 0.1) is 12.8 Å². The van der Waals surface area contributed by atoms with Gasteiger partial charge in [-0.2, -0.15) is 5.10 Å². The second-order valence-corrected chi connectivity index (χ2v) is 6.71. The third-order valence-electron chi connectivity index (χ3n) is 5.20. The van der Waals surface area contributed by atoms with E-state index in [4.69, 9.17) is 6.57 Å². The average Bonchev–Trinajstić information content (AvgIpc) is 2.77. The summed E-state index contributed by atoms with van der Waals surface area (Å²) in [6, 6.07) is 0. The van der Waals surface area contributed by atoms with Gasteiger partial charge in [0.1, 0.15) is 0 Å². The quantitative estimate of drug-likeness (QED) is 0.686. The molecule has 0 N–H and O–H groups in total. The van der Waals surface area contributed by atoms with Crippen molar-refractivity contribution < 1.29 is 4.79 Å². The maximum atomic E-state index is 12.5. The van der Waals surface area contributed by atoms with Crippen molar-refractivity contribution in [3.05, 3.63) is 40.6 Å². The van der Waals surface area contributed by atoms with Gasteiger partial charge in [0.15, 0.2) is 5.78 Å². The average molecular weight is 285 g/mol. The molecule has 112 valence electrons. The van der Waals surface area contributed by atoms with Crippen molar-refractivity contribution in [2.45, 2.75) is 46.5 Å². The lowest BCUT2D eigenvalue weighted by molar-refractivity contribution is -0.128. The van der Waals surface area contributed by atoms with E-state index in [1.165, 1.54) is 5.56 Å². The maximum absolute atomic E-state index is 12.5. The Morgan fingerprint density at radius 2 is 2.10 bits per heavy atom. The number of ketones is 1. The van der Waals surface area contributed by atoms with Gasteiger partial charge >= 0.3 is 0 Å². The van der Waals surface area contributed by atoms with Crippen molar-refractivity contribution in [2.24, 2.45) is 18.4 Å². The third-order valence-corrected chi connectivity index (χ3v) is 5.20. The number of aryl methyl sites for hydroxylation is 2. The van der Waals surface area contributed by atoms with Crippen LogP contribution in [0.15, 0.2) is 18.0 Å². The molecule has 1 aromatic rings. The molecule has 0 unspecified atom stereocenters. The molecule has 2 aliphatic rings. The molecule has 0 fully saturated rings. The fourth-order valence-corrected chi connectivity index (χ4v) is 4.33. The van der Waals surface area contributed by atoms with E-state index in [1.54, 1.807) is 0 Å². The second kappa shape index (κ2) is 4.56. The lowest BCUT2D eigenvalue weighted by atomic mass is 9.53. The van der Waals surface area contributed by atoms with E-state index in [1.807, 2.05) is 37.8 Å². The van der Waals surface area contributed by atoms with Gasteiger partial charge in [-0.05, 0) is 24.3 Å². The van der Waals surface area contributed by atoms with Crippen molar-refractivity contribution in [3.8, 4) is 0 Å². The zero-order valence-electron chi connectivity index (χ0n) is 12.4. The Bertz CT molecular complexity index is 675. The fraction of sp³-hybridized carbons (Fsp3) is 0.588. The highest BCUT2D eigenvalue weighted by Crippen LogP contribution is 2.54. The van der Waals surface area contributed by atoms with Gasteiger partial charge in [-0.3, -0.25) is 4.68 Å². The second-order valence-electron chi connectivity index (χ2n) is 6.71. The Morgan fingerprint density at radius 1 is 1.43 bits per heavy atom. The van der Waals surface area contributed by atoms with E-state index in [2.05, 4.69) is 16.9 Å². The van der Waals surface area contributed by atoms with Gasteiger partial charge in [0, 0.05) is 23.6 Å². The molecule has 0 aromatic carbocycles. The number of allylic oxidation sites excluding steroid dienone is 2. The van der Waals surface area contributed by atoms with Gasteiger partial charge in [-0.1, -0.05) is 34.3 Å². The molecule has 0 spiro atoms. The molecule has 3 rings (SSSR count). The zero-order valence-corrected chi connectivity index (χ0v) is 12.4. The minimum Gasteiger partial charge on any atom is -0.307 e. The summed E-state index contributed by atoms with van der Waals surface area (Å²) in [5.41, 5.74) is 1.91. The first-order valence-corrected chi connectivity index (χ1v) is 6.99. The molecule has 21 heavy (non-hydrogen) atoms. The Hall–Kier alpha value is -1.89. The molecule has 4 heteroatoms. The third kappa shape index (κ3) is 1.80. The largest absolute Gasteiger partial charge is 0.307 e. The van der Waals surface area contributed by atoms with Gasteiger partial charge in [0.2, 0.25) is 5.70 Å². The number of hydrogen-bond donors (Lipinski definition) is 0. The van der Waals surface area contributed by atoms with E-state index < -0.39 is 5.41 Å². The van der Waals surface area contributed by atoms with Crippen LogP contribution in [0.2, 0.25) is 0 Å². The van der Waals surface area contributed by atoms with Crippen molar-refractivity contribution in [2.75, 3.05) is 0 Å². The minimum atomic E-state index is -0.495. The smallest absolute Gasteiger partial charge is 0.226 e. The summed E-state index contributed by atoms with van der Waals surface area (Å²) in [6.07, 6.45) is 5.74. The summed E-state index contributed by atoms with van der Waals surface area (Å²) in [5, 5.41) is 4.38. The predicted molar refractivity (Wildman–Crippen MR) is 82.6 cm³/mol. The minimum absolute atomic E-state index is 0. The van der Waals surface area contributed by atoms with E-state index in [-0.39, 0.29) is 30.2 Å². The van der Waals surface area contributed by atoms with Crippen LogP contribution in [0.5, 0.6) is 0 Å². The van der Waals surface area contributed by atoms with Crippen LogP contribution in [0, 0.1) is 17.9 Å². The number of hydrogen-bond acceptors (Lipinski definition) is 2. The zero-order chi connectivity index (χ0) is 14.7. The first-order valence-electron chi connectivity index (χ1n) is 6.99. The lowest BCUT2D eigenvalue weighted by Crippen LogP contribution is -2.51. The Balaban J connectivity index is 0.00000161. The highest BCUT2D eigenvalue weighted by Gasteiger charge is 2.54. The van der Waals surface area contributed by atoms with Crippen LogP contribution in [-0.4, -0.2) is 15.6 Å². The van der Waals surface area contributed by atoms with Crippen LogP contribution in [0.1, 0.15) is 45.9 Å². The number of rotatable bonds is 0. The SMILES string of the molecule is C.[C-]#[N+]C1=C[C@]2(C)c3c(cnn3C)CC[C@H]2C(C)(C)C1=O. The van der Waals surface area contributed by atoms with Crippen molar-refractivity contribution in [3.63, 3.8) is 0 Å². The number of Topliss-reactive ketones (excluding diaryl/α,β-unsaturated/α-hetero) is 1. The summed E-state index contributed by atoms with van der Waals surface area (Å²) in [7, 11) is 1.95. The summed E-state index contributed by atoms with van der Waals surface area (Å²) >= 11 is 0. The molecule has 1 heterocycles. The van der Waals surface area contributed by atoms with Crippen LogP contribution >= 0.6 is 0 Å². The van der Waals surface area contributed by atoms with Crippen molar-refractivity contribution in [1.82, 2.24) is 9.78 Å². The number of nitrogens with zero attached hydrogens (tertiary/aromatic N) is 3. The predicted octanol–water partition coefficient (Wildman–Crippen LogP) is 3.29. The molecular weight excluding hydrogens is 262 g/mol. The fourth-order valence-electron chi connectivity index (χ4n) is 4.33. The summed E-state index contributed by atoms with van der Waals surface area (Å²) in [4.78, 5) is 16.0. The van der Waals surface area contributed by atoms with E-state index in [0.29, 0.717) is 0 Å². The maximum Gasteiger partial charge on any atom is 0.226 e. The van der Waals surface area contributed by atoms with Crippen LogP contribution < -0.4 is 0 Å². The van der Waals surface area contributed by atoms with Crippen LogP contribution in [0.4, 0.5) is 0 Å². The molecule has 0 bridgehead atoms.